The van der Waals surface area contributed by atoms with Gasteiger partial charge in [0.1, 0.15) is 6.54 Å². The average molecular weight is 423 g/mol. The second-order valence-electron chi connectivity index (χ2n) is 6.86. The van der Waals surface area contributed by atoms with E-state index in [-0.39, 0.29) is 4.90 Å². The number of sulfonamides is 1. The number of amides is 1. The van der Waals surface area contributed by atoms with E-state index in [1.54, 1.807) is 37.7 Å². The van der Waals surface area contributed by atoms with Gasteiger partial charge in [-0.15, -0.1) is 0 Å². The van der Waals surface area contributed by atoms with Crippen LogP contribution in [0, 0.1) is 20.8 Å². The number of anilines is 1. The fourth-order valence-electron chi connectivity index (χ4n) is 2.62. The van der Waals surface area contributed by atoms with Crippen LogP contribution in [0.3, 0.4) is 0 Å². The summed E-state index contributed by atoms with van der Waals surface area (Å²) < 4.78 is 32.7. The Hall–Kier alpha value is -2.72. The molecule has 0 aliphatic rings. The number of ether oxygens (including phenoxy) is 1. The van der Waals surface area contributed by atoms with Gasteiger partial charge in [0.05, 0.1) is 22.0 Å². The number of nitrogens with zero attached hydrogens (tertiary/aromatic N) is 3. The lowest BCUT2D eigenvalue weighted by Gasteiger charge is -2.18. The van der Waals surface area contributed by atoms with Crippen molar-refractivity contribution in [2.45, 2.75) is 38.7 Å². The molecular weight excluding hydrogens is 396 g/mol. The van der Waals surface area contributed by atoms with Crippen LogP contribution in [-0.4, -0.2) is 54.1 Å². The van der Waals surface area contributed by atoms with E-state index in [0.717, 1.165) is 15.6 Å². The van der Waals surface area contributed by atoms with Crippen LogP contribution < -0.4 is 5.32 Å². The Morgan fingerprint density at radius 2 is 1.79 bits per heavy atom. The number of carbonyl (C=O) groups is 2. The highest BCUT2D eigenvalue weighted by Gasteiger charge is 2.26. The van der Waals surface area contributed by atoms with Crippen molar-refractivity contribution in [2.75, 3.05) is 18.9 Å². The number of benzene rings is 1. The fourth-order valence-corrected chi connectivity index (χ4v) is 3.74. The van der Waals surface area contributed by atoms with Gasteiger partial charge in [0.2, 0.25) is 10.0 Å². The maximum Gasteiger partial charge on any atom is 0.322 e. The van der Waals surface area contributed by atoms with Crippen LogP contribution in [0.2, 0.25) is 0 Å². The van der Waals surface area contributed by atoms with Crippen LogP contribution in [0.15, 0.2) is 29.2 Å². The lowest BCUT2D eigenvalue weighted by atomic mass is 10.2. The quantitative estimate of drug-likeness (QED) is 0.678. The smallest absolute Gasteiger partial charge is 0.322 e. The van der Waals surface area contributed by atoms with E-state index in [4.69, 9.17) is 4.74 Å². The van der Waals surface area contributed by atoms with E-state index >= 15 is 0 Å². The first-order valence-electron chi connectivity index (χ1n) is 8.97. The van der Waals surface area contributed by atoms with Gasteiger partial charge in [0.15, 0.2) is 6.10 Å². The van der Waals surface area contributed by atoms with E-state index in [9.17, 15) is 18.0 Å². The molecule has 9 nitrogen and oxygen atoms in total. The van der Waals surface area contributed by atoms with Crippen molar-refractivity contribution in [1.29, 1.82) is 0 Å². The maximum absolute atomic E-state index is 12.5. The first kappa shape index (κ1) is 22.6. The van der Waals surface area contributed by atoms with Crippen molar-refractivity contribution in [1.82, 2.24) is 14.1 Å². The molecule has 10 heteroatoms. The largest absolute Gasteiger partial charge is 0.452 e. The van der Waals surface area contributed by atoms with Crippen LogP contribution >= 0.6 is 0 Å². The molecule has 0 bridgehead atoms. The molecule has 1 N–H and O–H groups in total. The van der Waals surface area contributed by atoms with Gasteiger partial charge in [0, 0.05) is 14.1 Å². The standard InChI is InChI=1S/C19H26N4O5S/c1-12-7-9-16(10-8-12)29(26,27)22(5)11-17(24)28-15(4)19(25)20-18-13(2)21-23(6)14(18)3/h7-10,15H,11H2,1-6H3,(H,20,25)/t15-/m1/s1. The summed E-state index contributed by atoms with van der Waals surface area (Å²) in [6, 6.07) is 6.30. The summed E-state index contributed by atoms with van der Waals surface area (Å²) in [6.45, 7) is 6.31. The van der Waals surface area contributed by atoms with Crippen LogP contribution in [0.5, 0.6) is 0 Å². The minimum absolute atomic E-state index is 0.0757. The van der Waals surface area contributed by atoms with Gasteiger partial charge in [-0.3, -0.25) is 14.3 Å². The molecule has 0 saturated carbocycles. The molecule has 158 valence electrons. The molecule has 1 aromatic carbocycles. The van der Waals surface area contributed by atoms with E-state index in [1.807, 2.05) is 6.92 Å². The topological polar surface area (TPSA) is 111 Å². The van der Waals surface area contributed by atoms with Crippen LogP contribution in [-0.2, 0) is 31.4 Å². The second kappa shape index (κ2) is 8.75. The predicted molar refractivity (Wildman–Crippen MR) is 108 cm³/mol. The Kier molecular flexibility index (Phi) is 6.81. The van der Waals surface area contributed by atoms with Gasteiger partial charge < -0.3 is 10.1 Å². The third-order valence-electron chi connectivity index (χ3n) is 4.52. The molecule has 2 aromatic rings. The van der Waals surface area contributed by atoms with Crippen molar-refractivity contribution in [3.63, 3.8) is 0 Å². The number of aromatic nitrogens is 2. The van der Waals surface area contributed by atoms with Gasteiger partial charge in [-0.2, -0.15) is 9.40 Å². The minimum atomic E-state index is -3.84. The third kappa shape index (κ3) is 5.21. The number of hydrogen-bond donors (Lipinski definition) is 1. The van der Waals surface area contributed by atoms with E-state index in [1.165, 1.54) is 26.1 Å². The van der Waals surface area contributed by atoms with Crippen LogP contribution in [0.4, 0.5) is 5.69 Å². The highest BCUT2D eigenvalue weighted by atomic mass is 32.2. The first-order valence-corrected chi connectivity index (χ1v) is 10.4. The number of nitrogens with one attached hydrogen (secondary N) is 1. The van der Waals surface area contributed by atoms with Gasteiger partial charge in [-0.25, -0.2) is 8.42 Å². The molecule has 0 radical (unpaired) electrons. The lowest BCUT2D eigenvalue weighted by Crippen LogP contribution is -2.37. The van der Waals surface area contributed by atoms with Crippen molar-refractivity contribution in [3.05, 3.63) is 41.2 Å². The van der Waals surface area contributed by atoms with Gasteiger partial charge in [-0.05, 0) is 39.8 Å². The molecule has 0 unspecified atom stereocenters. The molecule has 0 spiro atoms. The molecule has 29 heavy (non-hydrogen) atoms. The highest BCUT2D eigenvalue weighted by Crippen LogP contribution is 2.19. The second-order valence-corrected chi connectivity index (χ2v) is 8.91. The molecule has 1 heterocycles. The Labute approximate surface area is 170 Å². The normalized spacial score (nSPS) is 12.7. The Morgan fingerprint density at radius 3 is 2.31 bits per heavy atom. The number of hydrogen-bond acceptors (Lipinski definition) is 6. The molecule has 1 atom stereocenters. The van der Waals surface area contributed by atoms with Crippen molar-refractivity contribution < 1.29 is 22.7 Å². The Morgan fingerprint density at radius 1 is 1.21 bits per heavy atom. The summed E-state index contributed by atoms with van der Waals surface area (Å²) in [5.74, 6) is -1.35. The lowest BCUT2D eigenvalue weighted by molar-refractivity contribution is -0.153. The zero-order valence-electron chi connectivity index (χ0n) is 17.4. The van der Waals surface area contributed by atoms with E-state index in [2.05, 4.69) is 10.4 Å². The van der Waals surface area contributed by atoms with Crippen molar-refractivity contribution in [2.24, 2.45) is 7.05 Å². The monoisotopic (exact) mass is 422 g/mol. The van der Waals surface area contributed by atoms with Crippen molar-refractivity contribution in [3.8, 4) is 0 Å². The molecule has 2 rings (SSSR count). The average Bonchev–Trinajstić information content (AvgIpc) is 2.87. The number of esters is 1. The van der Waals surface area contributed by atoms with Gasteiger partial charge in [-0.1, -0.05) is 17.7 Å². The molecule has 0 saturated heterocycles. The third-order valence-corrected chi connectivity index (χ3v) is 6.33. The SMILES string of the molecule is Cc1ccc(S(=O)(=O)N(C)CC(=O)O[C@H](C)C(=O)Nc2c(C)nn(C)c2C)cc1. The number of rotatable bonds is 7. The number of aryl methyl sites for hydroxylation is 3. The Balaban J connectivity index is 1.98. The molecule has 0 fully saturated rings. The van der Waals surface area contributed by atoms with Crippen LogP contribution in [0.25, 0.3) is 0 Å². The number of likely N-dealkylation sites (N-methyl/N-ethyl adjacent to an activating group) is 1. The first-order chi connectivity index (χ1) is 13.4. The number of carbonyl (C=O) groups excluding carboxylic acids is 2. The zero-order valence-corrected chi connectivity index (χ0v) is 18.2. The predicted octanol–water partition coefficient (Wildman–Crippen LogP) is 1.54. The summed E-state index contributed by atoms with van der Waals surface area (Å²) in [5, 5.41) is 6.89. The summed E-state index contributed by atoms with van der Waals surface area (Å²) in [5.41, 5.74) is 2.88. The van der Waals surface area contributed by atoms with Gasteiger partial charge >= 0.3 is 5.97 Å². The molecule has 0 aliphatic heterocycles. The molecular formula is C19H26N4O5S. The fraction of sp³-hybridized carbons (Fsp3) is 0.421. The van der Waals surface area contributed by atoms with Crippen LogP contribution in [0.1, 0.15) is 23.9 Å². The summed E-state index contributed by atoms with van der Waals surface area (Å²) in [7, 11) is -0.806. The molecule has 0 aliphatic carbocycles. The highest BCUT2D eigenvalue weighted by molar-refractivity contribution is 7.89. The molecule has 1 aromatic heterocycles. The van der Waals surface area contributed by atoms with E-state index in [0.29, 0.717) is 11.4 Å². The van der Waals surface area contributed by atoms with Gasteiger partial charge in [0.25, 0.3) is 5.91 Å². The summed E-state index contributed by atoms with van der Waals surface area (Å²) in [6.07, 6.45) is -1.10. The summed E-state index contributed by atoms with van der Waals surface area (Å²) >= 11 is 0. The van der Waals surface area contributed by atoms with E-state index < -0.39 is 34.5 Å². The Bertz CT molecular complexity index is 1010. The molecule has 1 amide bonds. The minimum Gasteiger partial charge on any atom is -0.452 e. The summed E-state index contributed by atoms with van der Waals surface area (Å²) in [4.78, 5) is 24.6. The van der Waals surface area contributed by atoms with Crippen molar-refractivity contribution >= 4 is 27.6 Å². The zero-order chi connectivity index (χ0) is 21.9. The maximum atomic E-state index is 12.5.